The Labute approximate surface area is 73.6 Å². The van der Waals surface area contributed by atoms with Crippen LogP contribution in [-0.2, 0) is 5.41 Å². The lowest BCUT2D eigenvalue weighted by atomic mass is 9.82. The van der Waals surface area contributed by atoms with Crippen molar-refractivity contribution in [1.29, 1.82) is 5.26 Å². The first-order valence-electron chi connectivity index (χ1n) is 4.19. The van der Waals surface area contributed by atoms with Crippen molar-refractivity contribution in [3.8, 4) is 6.07 Å². The van der Waals surface area contributed by atoms with Crippen molar-refractivity contribution in [3.05, 3.63) is 35.9 Å². The Morgan fingerprint density at radius 1 is 1.33 bits per heavy atom. The number of nitriles is 1. The molecule has 1 rings (SSSR count). The second-order valence-electron chi connectivity index (χ2n) is 3.16. The molecule has 1 aromatic carbocycles. The summed E-state index contributed by atoms with van der Waals surface area (Å²) in [5.41, 5.74) is 0.788. The van der Waals surface area contributed by atoms with Crippen LogP contribution in [0.2, 0.25) is 0 Å². The Kier molecular flexibility index (Phi) is 2.50. The normalized spacial score (nSPS) is 14.8. The fourth-order valence-corrected chi connectivity index (χ4v) is 1.15. The Morgan fingerprint density at radius 2 is 1.92 bits per heavy atom. The zero-order valence-corrected chi connectivity index (χ0v) is 7.54. The van der Waals surface area contributed by atoms with Crippen molar-refractivity contribution in [2.75, 3.05) is 0 Å². The summed E-state index contributed by atoms with van der Waals surface area (Å²) >= 11 is 0. The molecule has 1 atom stereocenters. The zero-order valence-electron chi connectivity index (χ0n) is 7.54. The highest BCUT2D eigenvalue weighted by molar-refractivity contribution is 5.30. The van der Waals surface area contributed by atoms with Gasteiger partial charge in [-0.25, -0.2) is 0 Å². The van der Waals surface area contributed by atoms with Crippen molar-refractivity contribution in [2.45, 2.75) is 25.7 Å². The fraction of sp³-hybridized carbons (Fsp3) is 0.364. The SMILES string of the molecule is CC[C@@](C)(C#N)c1ccccc1. The highest BCUT2D eigenvalue weighted by atomic mass is 14.3. The maximum atomic E-state index is 8.99. The van der Waals surface area contributed by atoms with Crippen LogP contribution in [0.1, 0.15) is 25.8 Å². The first-order chi connectivity index (χ1) is 5.73. The van der Waals surface area contributed by atoms with Gasteiger partial charge in [-0.05, 0) is 18.9 Å². The van der Waals surface area contributed by atoms with E-state index < -0.39 is 0 Å². The van der Waals surface area contributed by atoms with Crippen LogP contribution in [0.25, 0.3) is 0 Å². The van der Waals surface area contributed by atoms with Crippen molar-refractivity contribution in [3.63, 3.8) is 0 Å². The third-order valence-electron chi connectivity index (χ3n) is 2.36. The molecule has 0 aromatic heterocycles. The van der Waals surface area contributed by atoms with Crippen LogP contribution < -0.4 is 0 Å². The van der Waals surface area contributed by atoms with E-state index in [4.69, 9.17) is 5.26 Å². The van der Waals surface area contributed by atoms with Gasteiger partial charge in [-0.1, -0.05) is 37.3 Å². The van der Waals surface area contributed by atoms with Crippen molar-refractivity contribution in [1.82, 2.24) is 0 Å². The van der Waals surface area contributed by atoms with E-state index in [-0.39, 0.29) is 5.41 Å². The maximum Gasteiger partial charge on any atom is 0.0791 e. The monoisotopic (exact) mass is 159 g/mol. The minimum Gasteiger partial charge on any atom is -0.197 e. The number of benzene rings is 1. The molecule has 0 bridgehead atoms. The lowest BCUT2D eigenvalue weighted by Crippen LogP contribution is -2.17. The van der Waals surface area contributed by atoms with E-state index in [2.05, 4.69) is 6.07 Å². The van der Waals surface area contributed by atoms with Crippen LogP contribution in [0, 0.1) is 11.3 Å². The smallest absolute Gasteiger partial charge is 0.0791 e. The van der Waals surface area contributed by atoms with Gasteiger partial charge in [-0.3, -0.25) is 0 Å². The second-order valence-corrected chi connectivity index (χ2v) is 3.16. The predicted octanol–water partition coefficient (Wildman–Crippen LogP) is 2.88. The Bertz CT molecular complexity index is 284. The van der Waals surface area contributed by atoms with E-state index in [0.29, 0.717) is 0 Å². The van der Waals surface area contributed by atoms with Gasteiger partial charge >= 0.3 is 0 Å². The van der Waals surface area contributed by atoms with Gasteiger partial charge in [0.1, 0.15) is 0 Å². The van der Waals surface area contributed by atoms with Crippen molar-refractivity contribution in [2.24, 2.45) is 0 Å². The molecule has 1 aromatic rings. The average molecular weight is 159 g/mol. The fourth-order valence-electron chi connectivity index (χ4n) is 1.15. The van der Waals surface area contributed by atoms with Crippen LogP contribution in [0.5, 0.6) is 0 Å². The standard InChI is InChI=1S/C11H13N/c1-3-11(2,9-12)10-7-5-4-6-8-10/h4-8H,3H2,1-2H3/t11-/m0/s1. The third kappa shape index (κ3) is 1.48. The molecule has 0 aliphatic carbocycles. The van der Waals surface area contributed by atoms with E-state index in [0.717, 1.165) is 12.0 Å². The molecule has 0 saturated carbocycles. The van der Waals surface area contributed by atoms with Crippen LogP contribution in [-0.4, -0.2) is 0 Å². The molecule has 0 aliphatic rings. The van der Waals surface area contributed by atoms with Gasteiger partial charge in [0.2, 0.25) is 0 Å². The average Bonchev–Trinajstić information content (AvgIpc) is 2.18. The first-order valence-corrected chi connectivity index (χ1v) is 4.19. The molecule has 12 heavy (non-hydrogen) atoms. The molecule has 0 aliphatic heterocycles. The summed E-state index contributed by atoms with van der Waals surface area (Å²) in [5.74, 6) is 0. The van der Waals surface area contributed by atoms with E-state index in [1.807, 2.05) is 44.2 Å². The van der Waals surface area contributed by atoms with Crippen LogP contribution >= 0.6 is 0 Å². The summed E-state index contributed by atoms with van der Waals surface area (Å²) in [6.45, 7) is 4.01. The molecular formula is C11H13N. The first kappa shape index (κ1) is 8.80. The van der Waals surface area contributed by atoms with Gasteiger partial charge in [0.25, 0.3) is 0 Å². The minimum atomic E-state index is -0.318. The van der Waals surface area contributed by atoms with E-state index in [9.17, 15) is 0 Å². The van der Waals surface area contributed by atoms with Gasteiger partial charge < -0.3 is 0 Å². The minimum absolute atomic E-state index is 0.318. The zero-order chi connectivity index (χ0) is 9.03. The lowest BCUT2D eigenvalue weighted by molar-refractivity contribution is 0.587. The van der Waals surface area contributed by atoms with Gasteiger partial charge in [0.15, 0.2) is 0 Å². The third-order valence-corrected chi connectivity index (χ3v) is 2.36. The molecule has 0 saturated heterocycles. The van der Waals surface area contributed by atoms with Gasteiger partial charge in [-0.15, -0.1) is 0 Å². The number of nitrogens with zero attached hydrogens (tertiary/aromatic N) is 1. The number of hydrogen-bond donors (Lipinski definition) is 0. The van der Waals surface area contributed by atoms with Crippen LogP contribution in [0.3, 0.4) is 0 Å². The van der Waals surface area contributed by atoms with Crippen LogP contribution in [0.15, 0.2) is 30.3 Å². The van der Waals surface area contributed by atoms with E-state index in [1.54, 1.807) is 0 Å². The molecule has 0 amide bonds. The summed E-state index contributed by atoms with van der Waals surface area (Å²) < 4.78 is 0. The van der Waals surface area contributed by atoms with Gasteiger partial charge in [0, 0.05) is 0 Å². The molecular weight excluding hydrogens is 146 g/mol. The molecule has 0 unspecified atom stereocenters. The van der Waals surface area contributed by atoms with E-state index >= 15 is 0 Å². The Hall–Kier alpha value is -1.29. The Morgan fingerprint density at radius 3 is 2.33 bits per heavy atom. The number of rotatable bonds is 2. The predicted molar refractivity (Wildman–Crippen MR) is 49.7 cm³/mol. The van der Waals surface area contributed by atoms with Gasteiger partial charge in [0.05, 0.1) is 11.5 Å². The molecule has 0 fully saturated rings. The highest BCUT2D eigenvalue weighted by Gasteiger charge is 2.22. The summed E-state index contributed by atoms with van der Waals surface area (Å²) in [5, 5.41) is 8.99. The molecule has 0 spiro atoms. The topological polar surface area (TPSA) is 23.8 Å². The molecule has 0 radical (unpaired) electrons. The Balaban J connectivity index is 3.06. The molecule has 1 heteroatoms. The van der Waals surface area contributed by atoms with Crippen LogP contribution in [0.4, 0.5) is 0 Å². The number of hydrogen-bond acceptors (Lipinski definition) is 1. The van der Waals surface area contributed by atoms with E-state index in [1.165, 1.54) is 0 Å². The molecule has 0 N–H and O–H groups in total. The quantitative estimate of drug-likeness (QED) is 0.651. The second kappa shape index (κ2) is 3.40. The van der Waals surface area contributed by atoms with Gasteiger partial charge in [-0.2, -0.15) is 5.26 Å². The molecule has 1 nitrogen and oxygen atoms in total. The largest absolute Gasteiger partial charge is 0.197 e. The highest BCUT2D eigenvalue weighted by Crippen LogP contribution is 2.25. The summed E-state index contributed by atoms with van der Waals surface area (Å²) in [6.07, 6.45) is 0.855. The maximum absolute atomic E-state index is 8.99. The molecule has 62 valence electrons. The summed E-state index contributed by atoms with van der Waals surface area (Å²) in [4.78, 5) is 0. The lowest BCUT2D eigenvalue weighted by Gasteiger charge is -2.19. The van der Waals surface area contributed by atoms with Crippen molar-refractivity contribution >= 4 is 0 Å². The summed E-state index contributed by atoms with van der Waals surface area (Å²) in [7, 11) is 0. The molecule has 0 heterocycles. The van der Waals surface area contributed by atoms with Crippen molar-refractivity contribution < 1.29 is 0 Å². The summed E-state index contributed by atoms with van der Waals surface area (Å²) in [6, 6.07) is 12.3.